The summed E-state index contributed by atoms with van der Waals surface area (Å²) in [5.74, 6) is -0.398. The van der Waals surface area contributed by atoms with Gasteiger partial charge < -0.3 is 25.0 Å². The number of carboxylic acid groups (broad SMARTS) is 1. The van der Waals surface area contributed by atoms with Crippen LogP contribution in [0.4, 0.5) is 0 Å². The molecule has 5 aromatic carbocycles. The van der Waals surface area contributed by atoms with Crippen molar-refractivity contribution in [3.8, 4) is 11.1 Å². The van der Waals surface area contributed by atoms with Gasteiger partial charge in [0.2, 0.25) is 0 Å². The summed E-state index contributed by atoms with van der Waals surface area (Å²) in [6.07, 6.45) is -1.02. The average Bonchev–Trinajstić information content (AvgIpc) is 3.14. The number of aliphatic hydroxyl groups excluding tert-OH is 1. The predicted octanol–water partition coefficient (Wildman–Crippen LogP) is 8.06. The van der Waals surface area contributed by atoms with Gasteiger partial charge >= 0.3 is 5.97 Å². The largest absolute Gasteiger partial charge is 0.478 e. The van der Waals surface area contributed by atoms with E-state index in [0.717, 1.165) is 38.3 Å². The first kappa shape index (κ1) is 33.2. The number of ether oxygens (including phenoxy) is 2. The molecule has 1 fully saturated rings. The first-order valence-corrected chi connectivity index (χ1v) is 16.9. The molecule has 0 unspecified atom stereocenters. The van der Waals surface area contributed by atoms with Crippen molar-refractivity contribution in [1.82, 2.24) is 5.32 Å². The highest BCUT2D eigenvalue weighted by Crippen LogP contribution is 2.43. The second-order valence-corrected chi connectivity index (χ2v) is 12.9. The minimum absolute atomic E-state index is 0.0178. The molecular weight excluding hydrogens is 623 g/mol. The number of hydrogen-bond acceptors (Lipinski definition) is 6. The maximum absolute atomic E-state index is 12.7. The van der Waals surface area contributed by atoms with Crippen LogP contribution < -0.4 is 5.32 Å². The first-order chi connectivity index (χ1) is 23.4. The number of rotatable bonds is 11. The van der Waals surface area contributed by atoms with Crippen LogP contribution in [0.1, 0.15) is 62.3 Å². The second-order valence-electron chi connectivity index (χ2n) is 11.8. The number of thioether (sulfide) groups is 1. The summed E-state index contributed by atoms with van der Waals surface area (Å²) in [7, 11) is 0. The summed E-state index contributed by atoms with van der Waals surface area (Å²) in [5, 5.41) is 21.9. The Morgan fingerprint density at radius 2 is 1.42 bits per heavy atom. The van der Waals surface area contributed by atoms with Gasteiger partial charge in [-0.05, 0) is 64.2 Å². The van der Waals surface area contributed by atoms with Gasteiger partial charge in [-0.25, -0.2) is 4.79 Å². The van der Waals surface area contributed by atoms with Crippen LogP contribution >= 0.6 is 11.8 Å². The maximum atomic E-state index is 12.7. The molecule has 5 aromatic rings. The molecule has 0 spiro atoms. The van der Waals surface area contributed by atoms with Gasteiger partial charge in [0, 0.05) is 34.2 Å². The van der Waals surface area contributed by atoms with E-state index in [2.05, 4.69) is 30.4 Å². The lowest BCUT2D eigenvalue weighted by atomic mass is 9.91. The van der Waals surface area contributed by atoms with E-state index in [1.807, 2.05) is 84.9 Å². The van der Waals surface area contributed by atoms with Gasteiger partial charge in [0.25, 0.3) is 5.91 Å². The summed E-state index contributed by atoms with van der Waals surface area (Å²) in [6, 6.07) is 40.1. The van der Waals surface area contributed by atoms with Gasteiger partial charge in [0.15, 0.2) is 6.29 Å². The van der Waals surface area contributed by atoms with E-state index >= 15 is 0 Å². The van der Waals surface area contributed by atoms with E-state index in [-0.39, 0.29) is 36.2 Å². The highest BCUT2D eigenvalue weighted by molar-refractivity contribution is 7.99. The number of amides is 1. The minimum atomic E-state index is -0.949. The Morgan fingerprint density at radius 1 is 0.750 bits per heavy atom. The van der Waals surface area contributed by atoms with E-state index in [1.54, 1.807) is 36.0 Å². The standard InChI is InChI=1S/C40H37NO6S/c1-26-36(25-48-34-21-19-31(20-22-34)39(44)45)46-40(47-37(26)29-13-11-27(24-42)12-14-29)32-17-15-28(16-18-32)35-10-6-5-9-33(35)23-41-38(43)30-7-3-2-4-8-30/h2-22,26,36-37,40,42H,23-25H2,1H3,(H,41,43)(H,44,45)/t26-,36+,37+,40+/m1/s1. The zero-order valence-electron chi connectivity index (χ0n) is 26.5. The Balaban J connectivity index is 1.20. The van der Waals surface area contributed by atoms with E-state index in [4.69, 9.17) is 9.47 Å². The lowest BCUT2D eigenvalue weighted by Gasteiger charge is -2.41. The number of benzene rings is 5. The molecular formula is C40H37NO6S. The van der Waals surface area contributed by atoms with Gasteiger partial charge in [0.1, 0.15) is 0 Å². The Labute approximate surface area is 284 Å². The van der Waals surface area contributed by atoms with Gasteiger partial charge in [-0.3, -0.25) is 4.79 Å². The van der Waals surface area contributed by atoms with E-state index in [1.165, 1.54) is 0 Å². The van der Waals surface area contributed by atoms with Crippen LogP contribution in [0.5, 0.6) is 0 Å². The molecule has 48 heavy (non-hydrogen) atoms. The van der Waals surface area contributed by atoms with Crippen LogP contribution in [0.3, 0.4) is 0 Å². The van der Waals surface area contributed by atoms with Gasteiger partial charge in [0.05, 0.1) is 24.4 Å². The molecule has 0 radical (unpaired) electrons. The Kier molecular flexibility index (Phi) is 10.7. The number of carboxylic acids is 1. The fraction of sp³-hybridized carbons (Fsp3) is 0.200. The molecule has 8 heteroatoms. The predicted molar refractivity (Wildman–Crippen MR) is 187 cm³/mol. The molecule has 0 aliphatic carbocycles. The van der Waals surface area contributed by atoms with Crippen LogP contribution in [-0.2, 0) is 22.6 Å². The third kappa shape index (κ3) is 7.86. The maximum Gasteiger partial charge on any atom is 0.335 e. The highest BCUT2D eigenvalue weighted by Gasteiger charge is 2.38. The molecule has 1 aliphatic heterocycles. The van der Waals surface area contributed by atoms with Crippen molar-refractivity contribution >= 4 is 23.6 Å². The van der Waals surface area contributed by atoms with Crippen molar-refractivity contribution in [2.45, 2.75) is 43.5 Å². The third-order valence-electron chi connectivity index (χ3n) is 8.63. The first-order valence-electron chi connectivity index (χ1n) is 15.9. The summed E-state index contributed by atoms with van der Waals surface area (Å²) >= 11 is 1.62. The zero-order chi connectivity index (χ0) is 33.5. The summed E-state index contributed by atoms with van der Waals surface area (Å²) in [4.78, 5) is 24.9. The van der Waals surface area contributed by atoms with E-state index < -0.39 is 12.3 Å². The monoisotopic (exact) mass is 659 g/mol. The number of nitrogens with one attached hydrogen (secondary N) is 1. The van der Waals surface area contributed by atoms with E-state index in [9.17, 15) is 19.8 Å². The van der Waals surface area contributed by atoms with Crippen LogP contribution in [0, 0.1) is 5.92 Å². The molecule has 4 atom stereocenters. The Hall–Kier alpha value is -4.73. The Bertz CT molecular complexity index is 1830. The number of carbonyl (C=O) groups excluding carboxylic acids is 1. The van der Waals surface area contributed by atoms with Crippen LogP contribution in [-0.4, -0.2) is 33.9 Å². The van der Waals surface area contributed by atoms with Crippen molar-refractivity contribution in [2.24, 2.45) is 5.92 Å². The van der Waals surface area contributed by atoms with Crippen molar-refractivity contribution in [1.29, 1.82) is 0 Å². The highest BCUT2D eigenvalue weighted by atomic mass is 32.2. The molecule has 1 amide bonds. The SMILES string of the molecule is C[C@@H]1[C@H](CSc2ccc(C(=O)O)cc2)O[C@H](c2ccc(-c3ccccc3CNC(=O)c3ccccc3)cc2)O[C@@H]1c1ccc(CO)cc1. The zero-order valence-corrected chi connectivity index (χ0v) is 27.3. The second kappa shape index (κ2) is 15.4. The lowest BCUT2D eigenvalue weighted by molar-refractivity contribution is -0.268. The molecule has 6 rings (SSSR count). The molecule has 1 heterocycles. The van der Waals surface area contributed by atoms with Crippen molar-refractivity contribution in [2.75, 3.05) is 5.75 Å². The number of aromatic carboxylic acids is 1. The fourth-order valence-corrected chi connectivity index (χ4v) is 6.89. The molecule has 0 bridgehead atoms. The smallest absolute Gasteiger partial charge is 0.335 e. The molecule has 3 N–H and O–H groups in total. The number of aliphatic hydroxyl groups is 1. The third-order valence-corrected chi connectivity index (χ3v) is 9.73. The molecule has 0 saturated carbocycles. The average molecular weight is 660 g/mol. The minimum Gasteiger partial charge on any atom is -0.478 e. The summed E-state index contributed by atoms with van der Waals surface area (Å²) in [5.41, 5.74) is 6.66. The van der Waals surface area contributed by atoms with Crippen molar-refractivity contribution < 1.29 is 29.3 Å². The summed E-state index contributed by atoms with van der Waals surface area (Å²) in [6.45, 7) is 2.49. The Morgan fingerprint density at radius 3 is 2.10 bits per heavy atom. The quantitative estimate of drug-likeness (QED) is 0.123. The van der Waals surface area contributed by atoms with Crippen LogP contribution in [0.15, 0.2) is 132 Å². The lowest BCUT2D eigenvalue weighted by Crippen LogP contribution is -2.38. The molecule has 1 aliphatic rings. The van der Waals surface area contributed by atoms with E-state index in [0.29, 0.717) is 17.9 Å². The van der Waals surface area contributed by atoms with Crippen LogP contribution in [0.25, 0.3) is 11.1 Å². The van der Waals surface area contributed by atoms with Crippen molar-refractivity contribution in [3.63, 3.8) is 0 Å². The van der Waals surface area contributed by atoms with Gasteiger partial charge in [-0.15, -0.1) is 11.8 Å². The topological polar surface area (TPSA) is 105 Å². The van der Waals surface area contributed by atoms with Crippen LogP contribution in [0.2, 0.25) is 0 Å². The molecule has 244 valence electrons. The number of hydrogen-bond donors (Lipinski definition) is 3. The molecule has 7 nitrogen and oxygen atoms in total. The normalized spacial score (nSPS) is 19.0. The van der Waals surface area contributed by atoms with Gasteiger partial charge in [-0.2, -0.15) is 0 Å². The molecule has 1 saturated heterocycles. The van der Waals surface area contributed by atoms with Crippen molar-refractivity contribution in [3.05, 3.63) is 161 Å². The van der Waals surface area contributed by atoms with Gasteiger partial charge in [-0.1, -0.05) is 97.9 Å². The summed E-state index contributed by atoms with van der Waals surface area (Å²) < 4.78 is 13.3. The molecule has 0 aromatic heterocycles. The fourth-order valence-electron chi connectivity index (χ4n) is 5.82. The number of carbonyl (C=O) groups is 2.